The molecule has 2 heterocycles. The highest BCUT2D eigenvalue weighted by Crippen LogP contribution is 2.28. The largest absolute Gasteiger partial charge is 0.333 e. The number of nitrogens with zero attached hydrogens (tertiary/aromatic N) is 3. The maximum Gasteiger partial charge on any atom is 0.274 e. The molecule has 1 unspecified atom stereocenters. The maximum atomic E-state index is 13.5. The van der Waals surface area contributed by atoms with Crippen LogP contribution in [0, 0.1) is 6.92 Å². The molecule has 0 radical (unpaired) electrons. The van der Waals surface area contributed by atoms with Gasteiger partial charge < -0.3 is 10.2 Å². The van der Waals surface area contributed by atoms with Crippen LogP contribution in [0.1, 0.15) is 59.9 Å². The molecule has 4 rings (SSSR count). The first-order valence-corrected chi connectivity index (χ1v) is 10.4. The molecule has 2 aliphatic rings. The third kappa shape index (κ3) is 3.53. The Bertz CT molecular complexity index is 802. The smallest absolute Gasteiger partial charge is 0.274 e. The lowest BCUT2D eigenvalue weighted by molar-refractivity contribution is 0.0684. The number of benzene rings is 1. The number of rotatable bonds is 5. The summed E-state index contributed by atoms with van der Waals surface area (Å²) in [5.41, 5.74) is 5.39. The number of amides is 1. The second-order valence-corrected chi connectivity index (χ2v) is 7.87. The number of aryl methyl sites for hydroxylation is 1. The molecule has 1 fully saturated rings. The average molecular weight is 367 g/mol. The number of carbonyl (C=O) groups excluding carboxylic acids is 1. The van der Waals surface area contributed by atoms with E-state index in [4.69, 9.17) is 5.10 Å². The third-order valence-electron chi connectivity index (χ3n) is 5.86. The summed E-state index contributed by atoms with van der Waals surface area (Å²) in [5, 5.41) is 8.27. The minimum Gasteiger partial charge on any atom is -0.333 e. The Morgan fingerprint density at radius 2 is 2.04 bits per heavy atom. The van der Waals surface area contributed by atoms with Gasteiger partial charge in [-0.2, -0.15) is 5.10 Å². The molecule has 1 aliphatic heterocycles. The summed E-state index contributed by atoms with van der Waals surface area (Å²) < 4.78 is 2.03. The van der Waals surface area contributed by atoms with E-state index in [1.807, 2.05) is 4.68 Å². The van der Waals surface area contributed by atoms with Crippen molar-refractivity contribution in [3.8, 4) is 5.69 Å². The average Bonchev–Trinajstić information content (AvgIpc) is 3.34. The lowest BCUT2D eigenvalue weighted by Gasteiger charge is -2.28. The summed E-state index contributed by atoms with van der Waals surface area (Å²) in [5.74, 6) is 0.120. The van der Waals surface area contributed by atoms with Gasteiger partial charge >= 0.3 is 0 Å². The summed E-state index contributed by atoms with van der Waals surface area (Å²) >= 11 is 0. The van der Waals surface area contributed by atoms with E-state index in [0.29, 0.717) is 11.7 Å². The molecule has 1 aromatic heterocycles. The van der Waals surface area contributed by atoms with Gasteiger partial charge in [-0.3, -0.25) is 4.79 Å². The first-order valence-electron chi connectivity index (χ1n) is 10.4. The number of nitrogens with one attached hydrogen (secondary N) is 1. The molecule has 1 aromatic carbocycles. The van der Waals surface area contributed by atoms with Gasteiger partial charge in [0.1, 0.15) is 0 Å². The van der Waals surface area contributed by atoms with Gasteiger partial charge in [-0.25, -0.2) is 4.68 Å². The molecule has 1 aliphatic carbocycles. The van der Waals surface area contributed by atoms with Crippen molar-refractivity contribution in [2.75, 3.05) is 19.6 Å². The Morgan fingerprint density at radius 3 is 2.74 bits per heavy atom. The topological polar surface area (TPSA) is 50.2 Å². The molecule has 0 saturated carbocycles. The minimum absolute atomic E-state index is 0.120. The Morgan fingerprint density at radius 1 is 1.26 bits per heavy atom. The monoisotopic (exact) mass is 366 g/mol. The first-order chi connectivity index (χ1) is 13.2. The molecule has 5 nitrogen and oxygen atoms in total. The van der Waals surface area contributed by atoms with Crippen LogP contribution in [0.3, 0.4) is 0 Å². The normalized spacial score (nSPS) is 19.1. The first kappa shape index (κ1) is 18.2. The van der Waals surface area contributed by atoms with Gasteiger partial charge in [-0.15, -0.1) is 0 Å². The van der Waals surface area contributed by atoms with Crippen molar-refractivity contribution in [1.82, 2.24) is 20.0 Å². The Hall–Kier alpha value is -2.14. The van der Waals surface area contributed by atoms with E-state index in [-0.39, 0.29) is 5.91 Å². The highest BCUT2D eigenvalue weighted by molar-refractivity contribution is 5.94. The van der Waals surface area contributed by atoms with Crippen LogP contribution < -0.4 is 5.32 Å². The molecule has 1 N–H and O–H groups in total. The fourth-order valence-corrected chi connectivity index (χ4v) is 4.40. The maximum absolute atomic E-state index is 13.5. The van der Waals surface area contributed by atoms with Gasteiger partial charge in [0.25, 0.3) is 5.91 Å². The molecule has 0 spiro atoms. The van der Waals surface area contributed by atoms with Crippen LogP contribution in [0.4, 0.5) is 0 Å². The molecule has 144 valence electrons. The van der Waals surface area contributed by atoms with Crippen LogP contribution in [-0.4, -0.2) is 46.3 Å². The zero-order valence-corrected chi connectivity index (χ0v) is 16.5. The highest BCUT2D eigenvalue weighted by Gasteiger charge is 2.32. The van der Waals surface area contributed by atoms with E-state index in [1.165, 1.54) is 23.2 Å². The van der Waals surface area contributed by atoms with Gasteiger partial charge in [-0.1, -0.05) is 24.6 Å². The molecule has 1 amide bonds. The van der Waals surface area contributed by atoms with E-state index in [9.17, 15) is 4.79 Å². The van der Waals surface area contributed by atoms with E-state index in [2.05, 4.69) is 48.3 Å². The summed E-state index contributed by atoms with van der Waals surface area (Å²) in [6.45, 7) is 6.93. The molecule has 1 saturated heterocycles. The Kier molecular flexibility index (Phi) is 5.30. The van der Waals surface area contributed by atoms with Crippen molar-refractivity contribution < 1.29 is 4.79 Å². The highest BCUT2D eigenvalue weighted by atomic mass is 16.2. The van der Waals surface area contributed by atoms with Crippen LogP contribution >= 0.6 is 0 Å². The molecule has 27 heavy (non-hydrogen) atoms. The number of aromatic nitrogens is 2. The van der Waals surface area contributed by atoms with Gasteiger partial charge in [0.15, 0.2) is 5.69 Å². The molecular formula is C22H30N4O. The van der Waals surface area contributed by atoms with Crippen molar-refractivity contribution in [3.63, 3.8) is 0 Å². The standard InChI is InChI=1S/C22H30N4O/c1-3-14-25(18-12-13-23-15-18)22(27)21-19-6-4-5-7-20(19)26(24-21)17-10-8-16(2)9-11-17/h8-11,18,23H,3-7,12-15H2,1-2H3. The van der Waals surface area contributed by atoms with E-state index in [0.717, 1.165) is 57.4 Å². The molecule has 2 aromatic rings. The van der Waals surface area contributed by atoms with Crippen molar-refractivity contribution in [2.45, 2.75) is 58.4 Å². The van der Waals surface area contributed by atoms with Crippen molar-refractivity contribution in [3.05, 3.63) is 46.8 Å². The van der Waals surface area contributed by atoms with Crippen LogP contribution in [0.25, 0.3) is 5.69 Å². The summed E-state index contributed by atoms with van der Waals surface area (Å²) in [4.78, 5) is 15.6. The molecule has 1 atom stereocenters. The van der Waals surface area contributed by atoms with Crippen LogP contribution in [0.5, 0.6) is 0 Å². The second-order valence-electron chi connectivity index (χ2n) is 7.87. The van der Waals surface area contributed by atoms with Gasteiger partial charge in [0.05, 0.1) is 5.69 Å². The van der Waals surface area contributed by atoms with Crippen molar-refractivity contribution in [2.24, 2.45) is 0 Å². The molecule has 0 bridgehead atoms. The van der Waals surface area contributed by atoms with Crippen LogP contribution in [-0.2, 0) is 12.8 Å². The lowest BCUT2D eigenvalue weighted by atomic mass is 9.95. The van der Waals surface area contributed by atoms with Crippen LogP contribution in [0.15, 0.2) is 24.3 Å². The predicted octanol–water partition coefficient (Wildman–Crippen LogP) is 3.27. The zero-order valence-electron chi connectivity index (χ0n) is 16.5. The van der Waals surface area contributed by atoms with Crippen molar-refractivity contribution >= 4 is 5.91 Å². The summed E-state index contributed by atoms with van der Waals surface area (Å²) in [6, 6.07) is 8.73. The molecule has 5 heteroatoms. The SMILES string of the molecule is CCCN(C(=O)c1nn(-c2ccc(C)cc2)c2c1CCCC2)C1CCNC1. The summed E-state index contributed by atoms with van der Waals surface area (Å²) in [6.07, 6.45) is 6.29. The molecular weight excluding hydrogens is 336 g/mol. The van der Waals surface area contributed by atoms with Gasteiger partial charge in [-0.05, 0) is 64.1 Å². The second kappa shape index (κ2) is 7.85. The fourth-order valence-electron chi connectivity index (χ4n) is 4.40. The minimum atomic E-state index is 0.120. The van der Waals surface area contributed by atoms with Gasteiger partial charge in [0.2, 0.25) is 0 Å². The van der Waals surface area contributed by atoms with Crippen LogP contribution in [0.2, 0.25) is 0 Å². The zero-order chi connectivity index (χ0) is 18.8. The number of hydrogen-bond donors (Lipinski definition) is 1. The van der Waals surface area contributed by atoms with E-state index in [1.54, 1.807) is 0 Å². The lowest BCUT2D eigenvalue weighted by Crippen LogP contribution is -2.42. The fraction of sp³-hybridized carbons (Fsp3) is 0.545. The quantitative estimate of drug-likeness (QED) is 0.883. The van der Waals surface area contributed by atoms with E-state index < -0.39 is 0 Å². The number of hydrogen-bond acceptors (Lipinski definition) is 3. The van der Waals surface area contributed by atoms with Gasteiger partial charge in [0, 0.05) is 30.4 Å². The Balaban J connectivity index is 1.73. The van der Waals surface area contributed by atoms with E-state index >= 15 is 0 Å². The van der Waals surface area contributed by atoms with Crippen molar-refractivity contribution in [1.29, 1.82) is 0 Å². The summed E-state index contributed by atoms with van der Waals surface area (Å²) in [7, 11) is 0. The number of carbonyl (C=O) groups is 1. The predicted molar refractivity (Wildman–Crippen MR) is 108 cm³/mol. The Labute approximate surface area is 161 Å². The third-order valence-corrected chi connectivity index (χ3v) is 5.86. The number of fused-ring (bicyclic) bond motifs is 1.